The summed E-state index contributed by atoms with van der Waals surface area (Å²) in [5.41, 5.74) is 3.26. The van der Waals surface area contributed by atoms with Crippen molar-refractivity contribution in [2.75, 3.05) is 13.1 Å². The topological polar surface area (TPSA) is 20.3 Å². The van der Waals surface area contributed by atoms with Gasteiger partial charge in [-0.05, 0) is 39.2 Å². The van der Waals surface area contributed by atoms with Crippen molar-refractivity contribution in [1.82, 2.24) is 4.90 Å². The second-order valence-electron chi connectivity index (χ2n) is 5.03. The minimum atomic E-state index is 0.174. The predicted octanol–water partition coefficient (Wildman–Crippen LogP) is 3.86. The van der Waals surface area contributed by atoms with Gasteiger partial charge in [0.05, 0.1) is 0 Å². The Balaban J connectivity index is 2.92. The zero-order valence-electron chi connectivity index (χ0n) is 12.1. The Hall–Kier alpha value is -1.31. The molecule has 0 aliphatic heterocycles. The van der Waals surface area contributed by atoms with Gasteiger partial charge < -0.3 is 4.90 Å². The Kier molecular flexibility index (Phi) is 5.90. The van der Waals surface area contributed by atoms with Crippen molar-refractivity contribution >= 4 is 5.91 Å². The van der Waals surface area contributed by atoms with Crippen LogP contribution in [0.5, 0.6) is 0 Å². The maximum absolute atomic E-state index is 12.5. The SMILES string of the molecule is CCCN(CCC)C(=O)C1=CC(C)=CCC(C)=C1. The van der Waals surface area contributed by atoms with Crippen LogP contribution in [0.3, 0.4) is 0 Å². The Morgan fingerprint density at radius 2 is 1.78 bits per heavy atom. The Morgan fingerprint density at radius 1 is 1.17 bits per heavy atom. The van der Waals surface area contributed by atoms with Crippen LogP contribution in [-0.2, 0) is 4.79 Å². The van der Waals surface area contributed by atoms with E-state index in [2.05, 4.69) is 33.8 Å². The molecule has 2 nitrogen and oxygen atoms in total. The van der Waals surface area contributed by atoms with Gasteiger partial charge in [-0.25, -0.2) is 0 Å². The van der Waals surface area contributed by atoms with Gasteiger partial charge in [0.2, 0.25) is 0 Å². The van der Waals surface area contributed by atoms with E-state index in [1.807, 2.05) is 17.1 Å². The van der Waals surface area contributed by atoms with Crippen molar-refractivity contribution in [3.8, 4) is 0 Å². The van der Waals surface area contributed by atoms with Crippen molar-refractivity contribution in [2.45, 2.75) is 47.0 Å². The molecule has 0 spiro atoms. The lowest BCUT2D eigenvalue weighted by Gasteiger charge is -2.22. The molecule has 0 radical (unpaired) electrons. The van der Waals surface area contributed by atoms with Crippen LogP contribution < -0.4 is 0 Å². The number of carbonyl (C=O) groups is 1. The molecule has 100 valence electrons. The average Bonchev–Trinajstić information content (AvgIpc) is 2.50. The van der Waals surface area contributed by atoms with E-state index in [4.69, 9.17) is 0 Å². The molecule has 0 saturated heterocycles. The number of allylic oxidation sites excluding steroid dienone is 4. The van der Waals surface area contributed by atoms with Crippen molar-refractivity contribution < 1.29 is 4.79 Å². The summed E-state index contributed by atoms with van der Waals surface area (Å²) >= 11 is 0. The molecule has 0 saturated carbocycles. The third-order valence-corrected chi connectivity index (χ3v) is 3.05. The fourth-order valence-electron chi connectivity index (χ4n) is 2.15. The number of hydrogen-bond acceptors (Lipinski definition) is 1. The van der Waals surface area contributed by atoms with E-state index in [1.165, 1.54) is 11.1 Å². The summed E-state index contributed by atoms with van der Waals surface area (Å²) in [6, 6.07) is 0. The lowest BCUT2D eigenvalue weighted by molar-refractivity contribution is -0.126. The number of carbonyl (C=O) groups excluding carboxylic acids is 1. The molecule has 0 aromatic rings. The monoisotopic (exact) mass is 247 g/mol. The lowest BCUT2D eigenvalue weighted by Crippen LogP contribution is -2.33. The van der Waals surface area contributed by atoms with Gasteiger partial charge in [-0.1, -0.05) is 37.1 Å². The van der Waals surface area contributed by atoms with Gasteiger partial charge in [-0.3, -0.25) is 4.79 Å². The van der Waals surface area contributed by atoms with Gasteiger partial charge in [0.1, 0.15) is 0 Å². The van der Waals surface area contributed by atoms with Crippen molar-refractivity contribution in [3.05, 3.63) is 34.9 Å². The second-order valence-corrected chi connectivity index (χ2v) is 5.03. The van der Waals surface area contributed by atoms with E-state index in [0.717, 1.165) is 37.9 Å². The van der Waals surface area contributed by atoms with Crippen LogP contribution in [0.2, 0.25) is 0 Å². The van der Waals surface area contributed by atoms with Crippen molar-refractivity contribution in [1.29, 1.82) is 0 Å². The molecular weight excluding hydrogens is 222 g/mol. The maximum atomic E-state index is 12.5. The molecule has 0 heterocycles. The maximum Gasteiger partial charge on any atom is 0.253 e. The van der Waals surface area contributed by atoms with Crippen LogP contribution in [-0.4, -0.2) is 23.9 Å². The molecular formula is C16H25NO. The van der Waals surface area contributed by atoms with E-state index in [1.54, 1.807) is 0 Å². The number of amides is 1. The van der Waals surface area contributed by atoms with Crippen molar-refractivity contribution in [2.24, 2.45) is 0 Å². The summed E-state index contributed by atoms with van der Waals surface area (Å²) in [7, 11) is 0. The van der Waals surface area contributed by atoms with Gasteiger partial charge >= 0.3 is 0 Å². The van der Waals surface area contributed by atoms with Crippen LogP contribution in [0.1, 0.15) is 47.0 Å². The average molecular weight is 247 g/mol. The highest BCUT2D eigenvalue weighted by Crippen LogP contribution is 2.18. The molecule has 0 fully saturated rings. The first-order valence-electron chi connectivity index (χ1n) is 6.93. The normalized spacial score (nSPS) is 15.4. The molecule has 18 heavy (non-hydrogen) atoms. The highest BCUT2D eigenvalue weighted by atomic mass is 16.2. The first-order chi connectivity index (χ1) is 8.58. The third-order valence-electron chi connectivity index (χ3n) is 3.05. The van der Waals surface area contributed by atoms with E-state index in [9.17, 15) is 4.79 Å². The summed E-state index contributed by atoms with van der Waals surface area (Å²) in [6.45, 7) is 10.1. The molecule has 2 heteroatoms. The summed E-state index contributed by atoms with van der Waals surface area (Å²) in [5, 5.41) is 0. The van der Waals surface area contributed by atoms with Crippen LogP contribution in [0, 0.1) is 0 Å². The second kappa shape index (κ2) is 7.20. The van der Waals surface area contributed by atoms with Gasteiger partial charge in [-0.2, -0.15) is 0 Å². The first-order valence-corrected chi connectivity index (χ1v) is 6.93. The predicted molar refractivity (Wildman–Crippen MR) is 77.4 cm³/mol. The minimum Gasteiger partial charge on any atom is -0.339 e. The summed E-state index contributed by atoms with van der Waals surface area (Å²) in [6.07, 6.45) is 9.19. The molecule has 0 bridgehead atoms. The molecule has 1 amide bonds. The zero-order chi connectivity index (χ0) is 13.5. The van der Waals surface area contributed by atoms with Crippen molar-refractivity contribution in [3.63, 3.8) is 0 Å². The van der Waals surface area contributed by atoms with E-state index in [-0.39, 0.29) is 5.91 Å². The highest BCUT2D eigenvalue weighted by Gasteiger charge is 2.16. The van der Waals surface area contributed by atoms with E-state index >= 15 is 0 Å². The summed E-state index contributed by atoms with van der Waals surface area (Å²) < 4.78 is 0. The van der Waals surface area contributed by atoms with Gasteiger partial charge in [0, 0.05) is 18.7 Å². The Morgan fingerprint density at radius 3 is 2.33 bits per heavy atom. The first kappa shape index (κ1) is 14.7. The van der Waals surface area contributed by atoms with Gasteiger partial charge in [0.25, 0.3) is 5.91 Å². The Bertz CT molecular complexity index is 382. The quantitative estimate of drug-likeness (QED) is 0.722. The number of hydrogen-bond donors (Lipinski definition) is 0. The summed E-state index contributed by atoms with van der Waals surface area (Å²) in [5.74, 6) is 0.174. The molecule has 0 aromatic heterocycles. The molecule has 1 aliphatic rings. The minimum absolute atomic E-state index is 0.174. The highest BCUT2D eigenvalue weighted by molar-refractivity contribution is 5.97. The van der Waals surface area contributed by atoms with Crippen LogP contribution in [0.4, 0.5) is 0 Å². The van der Waals surface area contributed by atoms with Crippen LogP contribution >= 0.6 is 0 Å². The Labute approximate surface area is 111 Å². The van der Waals surface area contributed by atoms with Crippen LogP contribution in [0.25, 0.3) is 0 Å². The zero-order valence-corrected chi connectivity index (χ0v) is 12.1. The molecule has 0 aromatic carbocycles. The molecule has 0 atom stereocenters. The van der Waals surface area contributed by atoms with Crippen LogP contribution in [0.15, 0.2) is 34.9 Å². The standard InChI is InChI=1S/C16H25NO/c1-5-9-17(10-6-2)16(18)15-11-13(3)7-8-14(4)12-15/h7,11-12H,5-6,8-10H2,1-4H3. The molecule has 1 rings (SSSR count). The largest absolute Gasteiger partial charge is 0.339 e. The third kappa shape index (κ3) is 4.17. The fourth-order valence-corrected chi connectivity index (χ4v) is 2.15. The van der Waals surface area contributed by atoms with E-state index < -0.39 is 0 Å². The smallest absolute Gasteiger partial charge is 0.253 e. The fraction of sp³-hybridized carbons (Fsp3) is 0.562. The van der Waals surface area contributed by atoms with Gasteiger partial charge in [-0.15, -0.1) is 0 Å². The molecule has 0 N–H and O–H groups in total. The van der Waals surface area contributed by atoms with Gasteiger partial charge in [0.15, 0.2) is 0 Å². The molecule has 0 unspecified atom stereocenters. The van der Waals surface area contributed by atoms with E-state index in [0.29, 0.717) is 0 Å². The summed E-state index contributed by atoms with van der Waals surface area (Å²) in [4.78, 5) is 14.5. The molecule has 1 aliphatic carbocycles. The number of nitrogens with zero attached hydrogens (tertiary/aromatic N) is 1. The lowest BCUT2D eigenvalue weighted by atomic mass is 10.1. The number of rotatable bonds is 5.